The van der Waals surface area contributed by atoms with Gasteiger partial charge in [0.25, 0.3) is 15.9 Å². The summed E-state index contributed by atoms with van der Waals surface area (Å²) in [6.07, 6.45) is 1.71. The smallest absolute Gasteiger partial charge is 0.264 e. The van der Waals surface area contributed by atoms with E-state index in [1.807, 2.05) is 54.6 Å². The molecule has 6 nitrogen and oxygen atoms in total. The van der Waals surface area contributed by atoms with Gasteiger partial charge < -0.3 is 10.3 Å². The van der Waals surface area contributed by atoms with E-state index in [-0.39, 0.29) is 17.3 Å². The second kappa shape index (κ2) is 8.65. The normalized spacial score (nSPS) is 11.4. The molecule has 7 heteroatoms. The van der Waals surface area contributed by atoms with Crippen LogP contribution in [0.4, 0.5) is 5.69 Å². The lowest BCUT2D eigenvalue weighted by Gasteiger charge is -2.22. The van der Waals surface area contributed by atoms with Crippen molar-refractivity contribution >= 4 is 32.5 Å². The maximum atomic E-state index is 13.3. The average Bonchev–Trinajstić information content (AvgIpc) is 3.22. The van der Waals surface area contributed by atoms with Crippen molar-refractivity contribution in [1.29, 1.82) is 0 Å². The lowest BCUT2D eigenvalue weighted by atomic mass is 10.2. The van der Waals surface area contributed by atoms with Gasteiger partial charge in [0.1, 0.15) is 0 Å². The lowest BCUT2D eigenvalue weighted by molar-refractivity contribution is 0.0951. The summed E-state index contributed by atoms with van der Waals surface area (Å²) in [5.41, 5.74) is 2.87. The third kappa shape index (κ3) is 4.18. The quantitative estimate of drug-likeness (QED) is 0.456. The summed E-state index contributed by atoms with van der Waals surface area (Å²) in [5.74, 6) is -0.253. The van der Waals surface area contributed by atoms with Crippen molar-refractivity contribution in [3.63, 3.8) is 0 Å². The molecule has 2 N–H and O–H groups in total. The van der Waals surface area contributed by atoms with Gasteiger partial charge in [-0.2, -0.15) is 0 Å². The topological polar surface area (TPSA) is 82.3 Å². The van der Waals surface area contributed by atoms with Crippen molar-refractivity contribution in [3.8, 4) is 0 Å². The zero-order valence-corrected chi connectivity index (χ0v) is 17.9. The number of carbonyl (C=O) groups is 1. The fourth-order valence-corrected chi connectivity index (χ4v) is 5.00. The molecular formula is C24H23N3O3S. The second-order valence-electron chi connectivity index (χ2n) is 7.08. The Morgan fingerprint density at radius 3 is 2.32 bits per heavy atom. The van der Waals surface area contributed by atoms with Gasteiger partial charge in [-0.1, -0.05) is 48.5 Å². The number of anilines is 1. The fourth-order valence-electron chi connectivity index (χ4n) is 3.52. The molecule has 0 radical (unpaired) electrons. The molecule has 4 aromatic rings. The van der Waals surface area contributed by atoms with Crippen molar-refractivity contribution < 1.29 is 13.2 Å². The first-order chi connectivity index (χ1) is 15.0. The maximum Gasteiger partial charge on any atom is 0.264 e. The van der Waals surface area contributed by atoms with E-state index in [0.29, 0.717) is 17.8 Å². The van der Waals surface area contributed by atoms with Gasteiger partial charge in [-0.25, -0.2) is 8.42 Å². The molecule has 1 heterocycles. The first-order valence-corrected chi connectivity index (χ1v) is 11.5. The van der Waals surface area contributed by atoms with E-state index in [4.69, 9.17) is 0 Å². The van der Waals surface area contributed by atoms with Gasteiger partial charge in [-0.05, 0) is 42.8 Å². The van der Waals surface area contributed by atoms with Crippen molar-refractivity contribution in [2.24, 2.45) is 0 Å². The molecule has 0 fully saturated rings. The summed E-state index contributed by atoms with van der Waals surface area (Å²) in [6, 6.07) is 23.2. The number of nitrogens with zero attached hydrogens (tertiary/aromatic N) is 1. The third-order valence-corrected chi connectivity index (χ3v) is 7.03. The Balaban J connectivity index is 1.55. The molecule has 158 valence electrons. The first-order valence-electron chi connectivity index (χ1n) is 10.0. The number of benzene rings is 3. The molecule has 0 spiro atoms. The number of amides is 1. The summed E-state index contributed by atoms with van der Waals surface area (Å²) < 4.78 is 28.0. The van der Waals surface area contributed by atoms with E-state index >= 15 is 0 Å². The first kappa shape index (κ1) is 20.7. The van der Waals surface area contributed by atoms with Crippen LogP contribution in [0.3, 0.4) is 0 Å². The number of H-pyrrole nitrogens is 1. The predicted molar refractivity (Wildman–Crippen MR) is 123 cm³/mol. The Morgan fingerprint density at radius 2 is 1.61 bits per heavy atom. The molecule has 0 aliphatic rings. The maximum absolute atomic E-state index is 13.3. The summed E-state index contributed by atoms with van der Waals surface area (Å²) >= 11 is 0. The summed E-state index contributed by atoms with van der Waals surface area (Å²) in [5, 5.41) is 3.68. The number of hydrogen-bond acceptors (Lipinski definition) is 3. The molecule has 0 atom stereocenters. The minimum Gasteiger partial charge on any atom is -0.359 e. The molecular weight excluding hydrogens is 410 g/mol. The van der Waals surface area contributed by atoms with Crippen LogP contribution in [0.25, 0.3) is 10.9 Å². The molecule has 0 aliphatic heterocycles. The van der Waals surface area contributed by atoms with E-state index in [1.54, 1.807) is 13.1 Å². The van der Waals surface area contributed by atoms with Gasteiger partial charge >= 0.3 is 0 Å². The zero-order chi connectivity index (χ0) is 21.8. The fraction of sp³-hybridized carbons (Fsp3) is 0.125. The number of rotatable bonds is 7. The third-order valence-electron chi connectivity index (χ3n) is 5.12. The molecule has 0 saturated heterocycles. The minimum atomic E-state index is -3.78. The monoisotopic (exact) mass is 433 g/mol. The Kier molecular flexibility index (Phi) is 5.77. The summed E-state index contributed by atoms with van der Waals surface area (Å²) in [6.45, 7) is 2.48. The number of sulfonamides is 1. The summed E-state index contributed by atoms with van der Waals surface area (Å²) in [7, 11) is -3.78. The van der Waals surface area contributed by atoms with Gasteiger partial charge in [0.2, 0.25) is 0 Å². The second-order valence-corrected chi connectivity index (χ2v) is 8.94. The predicted octanol–water partition coefficient (Wildman–Crippen LogP) is 4.31. The highest BCUT2D eigenvalue weighted by molar-refractivity contribution is 7.92. The molecule has 1 aromatic heterocycles. The molecule has 0 unspecified atom stereocenters. The minimum absolute atomic E-state index is 0.138. The van der Waals surface area contributed by atoms with Crippen molar-refractivity contribution in [2.75, 3.05) is 10.8 Å². The number of nitrogens with one attached hydrogen (secondary N) is 2. The van der Waals surface area contributed by atoms with Crippen LogP contribution < -0.4 is 9.62 Å². The van der Waals surface area contributed by atoms with Gasteiger partial charge in [-0.3, -0.25) is 9.10 Å². The average molecular weight is 434 g/mol. The van der Waals surface area contributed by atoms with Crippen LogP contribution in [-0.2, 0) is 16.6 Å². The molecule has 0 saturated carbocycles. The van der Waals surface area contributed by atoms with Crippen LogP contribution in [0, 0.1) is 0 Å². The summed E-state index contributed by atoms with van der Waals surface area (Å²) in [4.78, 5) is 15.7. The van der Waals surface area contributed by atoms with Crippen molar-refractivity contribution in [3.05, 3.63) is 96.2 Å². The van der Waals surface area contributed by atoms with Gasteiger partial charge in [0.15, 0.2) is 0 Å². The van der Waals surface area contributed by atoms with E-state index in [0.717, 1.165) is 16.5 Å². The Bertz CT molecular complexity index is 1300. The van der Waals surface area contributed by atoms with Gasteiger partial charge in [-0.15, -0.1) is 0 Å². The van der Waals surface area contributed by atoms with Crippen LogP contribution in [0.2, 0.25) is 0 Å². The highest BCUT2D eigenvalue weighted by atomic mass is 32.2. The SMILES string of the molecule is CCN(c1c[nH]c2ccccc12)S(=O)(=O)c1ccc(C(=O)NCc2ccccc2)cc1. The van der Waals surface area contributed by atoms with E-state index in [2.05, 4.69) is 10.3 Å². The number of aromatic nitrogens is 1. The standard InChI is InChI=1S/C24H23N3O3S/c1-2-27(23-17-25-22-11-7-6-10-21(22)23)31(29,30)20-14-12-19(13-15-20)24(28)26-16-18-8-4-3-5-9-18/h3-15,17,25H,2,16H2,1H3,(H,26,28). The van der Waals surface area contributed by atoms with Crippen LogP contribution in [-0.4, -0.2) is 25.9 Å². The lowest BCUT2D eigenvalue weighted by Crippen LogP contribution is -2.30. The van der Waals surface area contributed by atoms with E-state index in [9.17, 15) is 13.2 Å². The highest BCUT2D eigenvalue weighted by Crippen LogP contribution is 2.30. The number of carbonyl (C=O) groups excluding carboxylic acids is 1. The molecule has 1 amide bonds. The Labute approximate surface area is 181 Å². The number of aromatic amines is 1. The molecule has 31 heavy (non-hydrogen) atoms. The number of fused-ring (bicyclic) bond motifs is 1. The van der Waals surface area contributed by atoms with Crippen molar-refractivity contribution in [1.82, 2.24) is 10.3 Å². The van der Waals surface area contributed by atoms with Crippen LogP contribution in [0.15, 0.2) is 90.0 Å². The molecule has 0 aliphatic carbocycles. The molecule has 3 aromatic carbocycles. The number of para-hydroxylation sites is 1. The van der Waals surface area contributed by atoms with E-state index < -0.39 is 10.0 Å². The Morgan fingerprint density at radius 1 is 0.935 bits per heavy atom. The molecule has 4 rings (SSSR count). The van der Waals surface area contributed by atoms with E-state index in [1.165, 1.54) is 28.6 Å². The van der Waals surface area contributed by atoms with Gasteiger partial charge in [0, 0.05) is 35.8 Å². The zero-order valence-electron chi connectivity index (χ0n) is 17.1. The number of hydrogen-bond donors (Lipinski definition) is 2. The van der Waals surface area contributed by atoms with Crippen LogP contribution in [0.1, 0.15) is 22.8 Å². The van der Waals surface area contributed by atoms with Crippen molar-refractivity contribution in [2.45, 2.75) is 18.4 Å². The van der Waals surface area contributed by atoms with Gasteiger partial charge in [0.05, 0.1) is 10.6 Å². The van der Waals surface area contributed by atoms with Crippen LogP contribution in [0.5, 0.6) is 0 Å². The highest BCUT2D eigenvalue weighted by Gasteiger charge is 2.25. The van der Waals surface area contributed by atoms with Crippen LogP contribution >= 0.6 is 0 Å². The largest absolute Gasteiger partial charge is 0.359 e. The molecule has 0 bridgehead atoms. The Hall–Kier alpha value is -3.58.